The Morgan fingerprint density at radius 3 is 1.47 bits per heavy atom. The third kappa shape index (κ3) is 28.3. The molecule has 0 aliphatic rings. The second kappa shape index (κ2) is 42.8. The van der Waals surface area contributed by atoms with Crippen molar-refractivity contribution in [3.05, 3.63) is 102 Å². The fraction of sp³-hybridized carbons (Fsp3) is 0.468. The number of aromatic nitrogens is 1. The van der Waals surface area contributed by atoms with Gasteiger partial charge in [0.1, 0.15) is 54.1 Å². The van der Waals surface area contributed by atoms with Gasteiger partial charge in [-0.15, -0.1) is 11.5 Å². The van der Waals surface area contributed by atoms with Gasteiger partial charge >= 0.3 is 56.7 Å². The molecule has 35 heteroatoms. The summed E-state index contributed by atoms with van der Waals surface area (Å²) in [6.07, 6.45) is -1.18. The molecule has 0 saturated carbocycles. The fourth-order valence-electron chi connectivity index (χ4n) is 9.40. The molecule has 20 N–H and O–H groups in total. The second-order valence-corrected chi connectivity index (χ2v) is 23.5. The van der Waals surface area contributed by atoms with Crippen LogP contribution in [0.4, 0.5) is 0 Å². The van der Waals surface area contributed by atoms with Gasteiger partial charge in [-0.3, -0.25) is 57.5 Å². The van der Waals surface area contributed by atoms with Crippen molar-refractivity contribution in [1.29, 1.82) is 0 Å². The van der Waals surface area contributed by atoms with Gasteiger partial charge in [0.15, 0.2) is 0 Å². The first-order valence-corrected chi connectivity index (χ1v) is 31.5. The molecule has 4 aromatic rings. The van der Waals surface area contributed by atoms with E-state index < -0.39 is 180 Å². The van der Waals surface area contributed by atoms with E-state index in [1.807, 2.05) is 0 Å². The number of carboxylic acid groups (broad SMARTS) is 2. The van der Waals surface area contributed by atoms with E-state index in [4.69, 9.17) is 36.7 Å². The number of H-pyrrole nitrogens is 1. The van der Waals surface area contributed by atoms with Crippen molar-refractivity contribution in [3.8, 4) is 5.75 Å². The van der Waals surface area contributed by atoms with Gasteiger partial charge in [0.2, 0.25) is 65.0 Å². The molecule has 0 unspecified atom stereocenters. The first-order chi connectivity index (χ1) is 45.0. The van der Waals surface area contributed by atoms with Crippen molar-refractivity contribution in [3.63, 3.8) is 0 Å². The Morgan fingerprint density at radius 2 is 0.969 bits per heavy atom. The van der Waals surface area contributed by atoms with Crippen molar-refractivity contribution in [2.45, 2.75) is 152 Å². The number of fused-ring (bicyclic) bond motifs is 1. The van der Waals surface area contributed by atoms with Crippen LogP contribution in [0.1, 0.15) is 77.0 Å². The van der Waals surface area contributed by atoms with E-state index >= 15 is 0 Å². The SMILES string of the molecule is CC(C)[C@H](NC(=O)[C@H](C[S-])NC(=O)[C@H](Cc1ccc(O)cc1)NC(=O)[C@H](CCCCN)NC(=O)[C@H](Cc1c[nH]c2ccccc12)NC(=O)[C@H](Cc1ccccc1)NC(=O)[C@H](C[S-])NC(=O)[C@H](CC(=O)O)NC(=O)[C@H](C)NC(=O)[C@@H](NC(=O)CNC(=O)[C@H](C)N)[C@@H](C)O)C(=O)O.[Ag+].[Ag+]. The van der Waals surface area contributed by atoms with Gasteiger partial charge in [-0.05, 0) is 87.4 Å². The van der Waals surface area contributed by atoms with Crippen molar-refractivity contribution >= 4 is 113 Å². The molecule has 1 aromatic heterocycles. The van der Waals surface area contributed by atoms with E-state index in [-0.39, 0.29) is 89.2 Å². The van der Waals surface area contributed by atoms with Gasteiger partial charge in [0.05, 0.1) is 37.2 Å². The van der Waals surface area contributed by atoms with Crippen LogP contribution in [0, 0.1) is 5.92 Å². The maximum Gasteiger partial charge on any atom is 1.00 e. The number of aromatic amines is 1. The molecular weight excluding hydrogens is 1490 g/mol. The average molecular weight is 1580 g/mol. The molecule has 538 valence electrons. The monoisotopic (exact) mass is 1570 g/mol. The number of nitrogens with two attached hydrogens (primary N) is 2. The van der Waals surface area contributed by atoms with Crippen LogP contribution >= 0.6 is 0 Å². The van der Waals surface area contributed by atoms with Crippen molar-refractivity contribution < 1.29 is 128 Å². The zero-order valence-corrected chi connectivity index (χ0v) is 58.1. The summed E-state index contributed by atoms with van der Waals surface area (Å²) in [5, 5.41) is 67.3. The predicted molar refractivity (Wildman–Crippen MR) is 349 cm³/mol. The van der Waals surface area contributed by atoms with Crippen molar-refractivity contribution in [2.24, 2.45) is 17.4 Å². The van der Waals surface area contributed by atoms with Crippen LogP contribution in [0.2, 0.25) is 0 Å². The quantitative estimate of drug-likeness (QED) is 0.0115. The number of aliphatic hydroxyl groups excluding tert-OH is 1. The number of para-hydroxylation sites is 1. The average Bonchev–Trinajstić information content (AvgIpc) is 1.75. The molecule has 31 nitrogen and oxygen atoms in total. The van der Waals surface area contributed by atoms with Crippen LogP contribution in [-0.2, 0) is 152 Å². The van der Waals surface area contributed by atoms with Crippen molar-refractivity contribution in [2.75, 3.05) is 24.6 Å². The number of carbonyl (C=O) groups excluding carboxylic acids is 11. The number of amides is 11. The summed E-state index contributed by atoms with van der Waals surface area (Å²) in [5.41, 5.74) is 13.4. The molecule has 12 atom stereocenters. The number of phenols is 1. The maximum absolute atomic E-state index is 15.0. The molecule has 0 aliphatic heterocycles. The number of hydrogen-bond donors (Lipinski definition) is 18. The number of nitrogens with one attached hydrogen (secondary N) is 12. The fourth-order valence-corrected chi connectivity index (χ4v) is 9.87. The van der Waals surface area contributed by atoms with E-state index in [0.717, 1.165) is 13.8 Å². The van der Waals surface area contributed by atoms with Gasteiger partial charge in [0, 0.05) is 36.4 Å². The summed E-state index contributed by atoms with van der Waals surface area (Å²) in [6, 6.07) is 4.28. The molecule has 4 rings (SSSR count). The van der Waals surface area contributed by atoms with Crippen LogP contribution in [-0.4, -0.2) is 199 Å². The zero-order valence-electron chi connectivity index (χ0n) is 53.5. The summed E-state index contributed by atoms with van der Waals surface area (Å²) < 4.78 is 0. The van der Waals surface area contributed by atoms with Crippen LogP contribution in [0.25, 0.3) is 10.9 Å². The standard InChI is InChI=1S/C62H86N14O17S2.2Ag/c1-31(2)50(62(92)93)76-60(90)47(30-95)74-56(86)43(24-36-18-20-38(78)21-19-36)70-54(84)41(17-11-12-22-63)68-57(87)44(25-37-27-65-40-16-10-9-15-39(37)40)72-55(85)42(23-35-13-7-6-8-14-35)71-59(89)46(29-94)73-58(88)45(26-49(80)81)69-53(83)33(4)67-61(91)51(34(5)77)75-48(79)28-66-52(82)32(3)64;;/h6-10,13-16,18-21,27,31-34,41-47,50-51,65,77-78,94-95H,11-12,17,22-26,28-30,63-64H2,1-5H3,(H,66,82)(H,67,91)(H,68,87)(H,69,83)(H,70,84)(H,71,89)(H,72,85)(H,73,88)(H,74,86)(H,75,79)(H,76,90)(H,80,81)(H,92,93);;/q;2*+1/p-2/t32-,33-,34+,41-,42-,43-,44-,45-,46-,47-,50-,51-;;/m0../s1. The molecule has 3 aromatic carbocycles. The zero-order chi connectivity index (χ0) is 70.6. The minimum Gasteiger partial charge on any atom is -0.790 e. The van der Waals surface area contributed by atoms with Crippen LogP contribution < -0.4 is 70.0 Å². The molecule has 1 heterocycles. The van der Waals surface area contributed by atoms with Crippen LogP contribution in [0.15, 0.2) is 85.1 Å². The smallest absolute Gasteiger partial charge is 0.790 e. The Kier molecular flexibility index (Phi) is 37.6. The third-order valence-corrected chi connectivity index (χ3v) is 15.4. The van der Waals surface area contributed by atoms with Crippen LogP contribution in [0.5, 0.6) is 5.75 Å². The van der Waals surface area contributed by atoms with Crippen molar-refractivity contribution in [1.82, 2.24) is 63.5 Å². The largest absolute Gasteiger partial charge is 1.00 e. The molecule has 11 amide bonds. The first-order valence-electron chi connectivity index (χ1n) is 30.4. The summed E-state index contributed by atoms with van der Waals surface area (Å²) in [6.45, 7) is 6.34. The number of unbranched alkanes of at least 4 members (excludes halogenated alkanes) is 1. The summed E-state index contributed by atoms with van der Waals surface area (Å²) in [5.74, 6) is -15.4. The maximum atomic E-state index is 15.0. The number of rotatable bonds is 39. The van der Waals surface area contributed by atoms with Gasteiger partial charge in [-0.25, -0.2) is 4.79 Å². The first kappa shape index (κ1) is 85.3. The molecule has 0 radical (unpaired) electrons. The Balaban J connectivity index is 0.0000160. The predicted octanol–water partition coefficient (Wildman–Crippen LogP) is -3.95. The number of aromatic hydroxyl groups is 1. The Morgan fingerprint density at radius 1 is 0.505 bits per heavy atom. The molecule has 0 bridgehead atoms. The number of aliphatic carboxylic acids is 2. The molecule has 97 heavy (non-hydrogen) atoms. The summed E-state index contributed by atoms with van der Waals surface area (Å²) >= 11 is 10.5. The van der Waals surface area contributed by atoms with Gasteiger partial charge in [-0.2, -0.15) is 0 Å². The van der Waals surface area contributed by atoms with E-state index in [0.29, 0.717) is 34.0 Å². The molecule has 0 fully saturated rings. The number of benzene rings is 3. The summed E-state index contributed by atoms with van der Waals surface area (Å²) in [4.78, 5) is 179. The minimum absolute atomic E-state index is 0. The number of phenolic OH excluding ortho intramolecular Hbond substituents is 1. The summed E-state index contributed by atoms with van der Waals surface area (Å²) in [7, 11) is 0. The minimum atomic E-state index is -1.93. The Labute approximate surface area is 601 Å². The molecular formula is C62H84Ag2N14O17S2. The normalized spacial score (nSPS) is 14.6. The Hall–Kier alpha value is -7.83. The molecule has 0 aliphatic carbocycles. The van der Waals surface area contributed by atoms with Crippen LogP contribution in [0.3, 0.4) is 0 Å². The number of hydrogen-bond acceptors (Lipinski definition) is 19. The van der Waals surface area contributed by atoms with E-state index in [1.54, 1.807) is 74.6 Å². The number of carboxylic acids is 2. The molecule has 0 spiro atoms. The van der Waals surface area contributed by atoms with E-state index in [1.165, 1.54) is 31.2 Å². The van der Waals surface area contributed by atoms with Gasteiger partial charge in [-0.1, -0.05) is 74.5 Å². The molecule has 0 saturated heterocycles. The number of carbonyl (C=O) groups is 13. The van der Waals surface area contributed by atoms with E-state index in [2.05, 4.69) is 63.5 Å². The number of aliphatic hydroxyl groups is 1. The topological polar surface area (TPSA) is 503 Å². The third-order valence-electron chi connectivity index (χ3n) is 14.7. The second-order valence-electron chi connectivity index (χ2n) is 22.9. The Bertz CT molecular complexity index is 3330. The van der Waals surface area contributed by atoms with E-state index in [9.17, 15) is 82.8 Å². The van der Waals surface area contributed by atoms with Gasteiger partial charge < -0.3 is 121 Å². The van der Waals surface area contributed by atoms with Gasteiger partial charge in [0.25, 0.3) is 0 Å².